The molecule has 0 amide bonds. The minimum Gasteiger partial charge on any atom is -0.466 e. The monoisotopic (exact) mass is 338 g/mol. The Kier molecular flexibility index (Phi) is 5.28. The third-order valence-corrected chi connectivity index (χ3v) is 2.98. The number of pyridine rings is 1. The SMILES string of the molecule is CCOC(=O)Cc1ncc([N+](=O)[O-])c(Br)c1C(F)F. The number of esters is 1. The molecule has 0 saturated carbocycles. The van der Waals surface area contributed by atoms with E-state index in [4.69, 9.17) is 0 Å². The van der Waals surface area contributed by atoms with Gasteiger partial charge >= 0.3 is 11.7 Å². The molecule has 1 aromatic heterocycles. The Bertz CT molecular complexity index is 511. The van der Waals surface area contributed by atoms with Gasteiger partial charge in [0.05, 0.1) is 29.2 Å². The van der Waals surface area contributed by atoms with Gasteiger partial charge in [-0.2, -0.15) is 0 Å². The van der Waals surface area contributed by atoms with Crippen LogP contribution in [0.2, 0.25) is 0 Å². The number of carbonyl (C=O) groups excluding carboxylic acids is 1. The summed E-state index contributed by atoms with van der Waals surface area (Å²) >= 11 is 2.75. The molecule has 0 aromatic carbocycles. The van der Waals surface area contributed by atoms with Gasteiger partial charge in [0.1, 0.15) is 10.7 Å². The minimum absolute atomic E-state index is 0.108. The first kappa shape index (κ1) is 15.4. The number of carbonyl (C=O) groups is 1. The van der Waals surface area contributed by atoms with Crippen LogP contribution >= 0.6 is 15.9 Å². The van der Waals surface area contributed by atoms with Crippen molar-refractivity contribution in [1.82, 2.24) is 4.98 Å². The standard InChI is InChI=1S/C10H9BrF2N2O4/c1-2-19-7(16)3-5-8(10(12)13)9(11)6(4-14-5)15(17)18/h4,10H,2-3H2,1H3. The molecule has 1 rings (SSSR count). The first-order valence-corrected chi connectivity index (χ1v) is 5.93. The molecular weight excluding hydrogens is 330 g/mol. The van der Waals surface area contributed by atoms with Gasteiger partial charge in [0, 0.05) is 0 Å². The number of hydrogen-bond acceptors (Lipinski definition) is 5. The predicted octanol–water partition coefficient (Wildman–Crippen LogP) is 2.80. The van der Waals surface area contributed by atoms with Gasteiger partial charge in [-0.25, -0.2) is 8.78 Å². The number of nitrogens with zero attached hydrogens (tertiary/aromatic N) is 2. The van der Waals surface area contributed by atoms with E-state index < -0.39 is 35.0 Å². The Labute approximate surface area is 115 Å². The van der Waals surface area contributed by atoms with E-state index in [-0.39, 0.29) is 16.8 Å². The van der Waals surface area contributed by atoms with Gasteiger partial charge in [-0.3, -0.25) is 19.9 Å². The van der Waals surface area contributed by atoms with Crippen LogP contribution in [0.5, 0.6) is 0 Å². The zero-order valence-corrected chi connectivity index (χ0v) is 11.3. The van der Waals surface area contributed by atoms with Crippen molar-refractivity contribution in [1.29, 1.82) is 0 Å². The van der Waals surface area contributed by atoms with E-state index in [2.05, 4.69) is 25.7 Å². The van der Waals surface area contributed by atoms with Crippen LogP contribution in [0.15, 0.2) is 10.7 Å². The normalized spacial score (nSPS) is 10.6. The van der Waals surface area contributed by atoms with E-state index in [0.717, 1.165) is 6.20 Å². The second kappa shape index (κ2) is 6.50. The van der Waals surface area contributed by atoms with Gasteiger partial charge in [0.15, 0.2) is 0 Å². The molecule has 0 aliphatic carbocycles. The average Bonchev–Trinajstić information content (AvgIpc) is 2.28. The highest BCUT2D eigenvalue weighted by molar-refractivity contribution is 9.10. The summed E-state index contributed by atoms with van der Waals surface area (Å²) in [5.74, 6) is -0.724. The molecule has 6 nitrogen and oxygen atoms in total. The highest BCUT2D eigenvalue weighted by atomic mass is 79.9. The summed E-state index contributed by atoms with van der Waals surface area (Å²) in [6.45, 7) is 1.68. The molecule has 19 heavy (non-hydrogen) atoms. The van der Waals surface area contributed by atoms with Crippen LogP contribution in [0, 0.1) is 10.1 Å². The molecule has 0 aliphatic rings. The van der Waals surface area contributed by atoms with Crippen LogP contribution < -0.4 is 0 Å². The summed E-state index contributed by atoms with van der Waals surface area (Å²) < 4.78 is 30.1. The summed E-state index contributed by atoms with van der Waals surface area (Å²) in [6, 6.07) is 0. The number of aromatic nitrogens is 1. The van der Waals surface area contributed by atoms with E-state index in [9.17, 15) is 23.7 Å². The summed E-state index contributed by atoms with van der Waals surface area (Å²) in [7, 11) is 0. The zero-order valence-electron chi connectivity index (χ0n) is 9.73. The molecular formula is C10H9BrF2N2O4. The lowest BCUT2D eigenvalue weighted by atomic mass is 10.1. The van der Waals surface area contributed by atoms with Gasteiger partial charge < -0.3 is 4.74 Å². The minimum atomic E-state index is -2.99. The van der Waals surface area contributed by atoms with Crippen LogP contribution in [0.3, 0.4) is 0 Å². The van der Waals surface area contributed by atoms with Crippen molar-refractivity contribution >= 4 is 27.6 Å². The summed E-state index contributed by atoms with van der Waals surface area (Å²) in [6.07, 6.45) is -2.64. The van der Waals surface area contributed by atoms with Crippen molar-refractivity contribution in [2.45, 2.75) is 19.8 Å². The molecule has 1 aromatic rings. The number of alkyl halides is 2. The van der Waals surface area contributed by atoms with E-state index in [1.165, 1.54) is 0 Å². The summed E-state index contributed by atoms with van der Waals surface area (Å²) in [5, 5.41) is 10.6. The number of hydrogen-bond donors (Lipinski definition) is 0. The third kappa shape index (κ3) is 3.66. The maximum absolute atomic E-state index is 12.9. The first-order chi connectivity index (χ1) is 8.88. The van der Waals surface area contributed by atoms with Crippen molar-refractivity contribution in [3.05, 3.63) is 32.0 Å². The van der Waals surface area contributed by atoms with Crippen LogP contribution in [0.4, 0.5) is 14.5 Å². The van der Waals surface area contributed by atoms with E-state index in [1.807, 2.05) is 0 Å². The molecule has 0 radical (unpaired) electrons. The van der Waals surface area contributed by atoms with Crippen molar-refractivity contribution in [3.63, 3.8) is 0 Å². The lowest BCUT2D eigenvalue weighted by molar-refractivity contribution is -0.386. The average molecular weight is 339 g/mol. The molecule has 0 spiro atoms. The van der Waals surface area contributed by atoms with E-state index >= 15 is 0 Å². The lowest BCUT2D eigenvalue weighted by Crippen LogP contribution is -2.12. The van der Waals surface area contributed by atoms with Crippen LogP contribution in [-0.2, 0) is 16.0 Å². The maximum atomic E-state index is 12.9. The van der Waals surface area contributed by atoms with Gasteiger partial charge in [0.25, 0.3) is 6.43 Å². The molecule has 0 atom stereocenters. The fourth-order valence-corrected chi connectivity index (χ4v) is 2.02. The van der Waals surface area contributed by atoms with Crippen molar-refractivity contribution in [3.8, 4) is 0 Å². The van der Waals surface area contributed by atoms with Crippen LogP contribution in [0.25, 0.3) is 0 Å². The number of ether oxygens (including phenoxy) is 1. The summed E-state index contributed by atoms with van der Waals surface area (Å²) in [5.41, 5.74) is -1.49. The highest BCUT2D eigenvalue weighted by Crippen LogP contribution is 2.36. The van der Waals surface area contributed by atoms with Crippen molar-refractivity contribution in [2.24, 2.45) is 0 Å². The molecule has 0 fully saturated rings. The Morgan fingerprint density at radius 1 is 1.63 bits per heavy atom. The topological polar surface area (TPSA) is 82.3 Å². The van der Waals surface area contributed by atoms with Crippen molar-refractivity contribution < 1.29 is 23.2 Å². The zero-order chi connectivity index (χ0) is 14.6. The van der Waals surface area contributed by atoms with Gasteiger partial charge in [0.2, 0.25) is 0 Å². The van der Waals surface area contributed by atoms with Gasteiger partial charge in [-0.1, -0.05) is 0 Å². The number of nitro groups is 1. The third-order valence-electron chi connectivity index (χ3n) is 2.15. The molecule has 104 valence electrons. The summed E-state index contributed by atoms with van der Waals surface area (Å²) in [4.78, 5) is 24.6. The van der Waals surface area contributed by atoms with E-state index in [1.54, 1.807) is 6.92 Å². The smallest absolute Gasteiger partial charge is 0.311 e. The lowest BCUT2D eigenvalue weighted by Gasteiger charge is -2.09. The second-order valence-electron chi connectivity index (χ2n) is 3.36. The molecule has 0 bridgehead atoms. The Hall–Kier alpha value is -1.64. The van der Waals surface area contributed by atoms with Crippen LogP contribution in [-0.4, -0.2) is 22.5 Å². The molecule has 0 aliphatic heterocycles. The Morgan fingerprint density at radius 3 is 2.74 bits per heavy atom. The van der Waals surface area contributed by atoms with Crippen LogP contribution in [0.1, 0.15) is 24.6 Å². The maximum Gasteiger partial charge on any atom is 0.311 e. The van der Waals surface area contributed by atoms with Gasteiger partial charge in [-0.15, -0.1) is 0 Å². The fraction of sp³-hybridized carbons (Fsp3) is 0.400. The second-order valence-corrected chi connectivity index (χ2v) is 4.15. The van der Waals surface area contributed by atoms with Crippen molar-refractivity contribution in [2.75, 3.05) is 6.61 Å². The Morgan fingerprint density at radius 2 is 2.26 bits per heavy atom. The molecule has 9 heteroatoms. The van der Waals surface area contributed by atoms with E-state index in [0.29, 0.717) is 0 Å². The molecule has 0 saturated heterocycles. The number of rotatable bonds is 5. The molecule has 1 heterocycles. The fourth-order valence-electron chi connectivity index (χ4n) is 1.37. The number of halogens is 3. The first-order valence-electron chi connectivity index (χ1n) is 5.13. The molecule has 0 N–H and O–H groups in total. The Balaban J connectivity index is 3.22. The quantitative estimate of drug-likeness (QED) is 0.468. The van der Waals surface area contributed by atoms with Gasteiger partial charge in [-0.05, 0) is 22.9 Å². The largest absolute Gasteiger partial charge is 0.466 e. The predicted molar refractivity (Wildman–Crippen MR) is 63.9 cm³/mol. The molecule has 0 unspecified atom stereocenters. The highest BCUT2D eigenvalue weighted by Gasteiger charge is 2.27.